The van der Waals surface area contributed by atoms with Gasteiger partial charge < -0.3 is 10.6 Å². The fraction of sp³-hybridized carbons (Fsp3) is 0.286. The zero-order valence-corrected chi connectivity index (χ0v) is 14.5. The molecule has 0 saturated heterocycles. The summed E-state index contributed by atoms with van der Waals surface area (Å²) in [5, 5.41) is 1.02. The highest BCUT2D eigenvalue weighted by molar-refractivity contribution is 8.66. The van der Waals surface area contributed by atoms with Gasteiger partial charge in [0.1, 0.15) is 0 Å². The van der Waals surface area contributed by atoms with Gasteiger partial charge in [0.05, 0.1) is 4.90 Å². The van der Waals surface area contributed by atoms with Crippen molar-refractivity contribution in [1.29, 1.82) is 0 Å². The van der Waals surface area contributed by atoms with Crippen LogP contribution >= 0.6 is 0 Å². The number of fused-ring (bicyclic) bond motifs is 1. The molecule has 0 heterocycles. The molecule has 0 fully saturated rings. The first-order valence-corrected chi connectivity index (χ1v) is 10.3. The van der Waals surface area contributed by atoms with Crippen LogP contribution in [0.3, 0.4) is 0 Å². The van der Waals surface area contributed by atoms with E-state index in [1.54, 1.807) is 18.2 Å². The Morgan fingerprint density at radius 2 is 1.61 bits per heavy atom. The van der Waals surface area contributed by atoms with Crippen LogP contribution in [-0.2, 0) is 17.9 Å². The molecule has 3 N–H and O–H groups in total. The van der Waals surface area contributed by atoms with Gasteiger partial charge in [-0.05, 0) is 12.1 Å². The predicted octanol–water partition coefficient (Wildman–Crippen LogP) is 0.473. The molecule has 0 bridgehead atoms. The van der Waals surface area contributed by atoms with Crippen molar-refractivity contribution in [3.8, 4) is 0 Å². The summed E-state index contributed by atoms with van der Waals surface area (Å²) in [4.78, 5) is 1.59. The highest BCUT2D eigenvalue weighted by Crippen LogP contribution is 2.31. The van der Waals surface area contributed by atoms with Gasteiger partial charge in [0, 0.05) is 43.6 Å². The Hall–Kier alpha value is -1.68. The molecule has 0 aliphatic heterocycles. The van der Waals surface area contributed by atoms with Crippen molar-refractivity contribution in [2.75, 3.05) is 32.1 Å². The van der Waals surface area contributed by atoms with Gasteiger partial charge in [-0.3, -0.25) is 0 Å². The van der Waals surface area contributed by atoms with Crippen molar-refractivity contribution in [2.24, 2.45) is 5.73 Å². The molecule has 0 unspecified atom stereocenters. The van der Waals surface area contributed by atoms with Crippen molar-refractivity contribution in [3.05, 3.63) is 36.4 Å². The molecule has 0 atom stereocenters. The summed E-state index contributed by atoms with van der Waals surface area (Å²) in [5.41, 5.74) is 6.03. The first kappa shape index (κ1) is 17.7. The third kappa shape index (κ3) is 3.18. The number of anilines is 1. The fourth-order valence-corrected chi connectivity index (χ4v) is 5.56. The largest absolute Gasteiger partial charge is 0.377 e. The zero-order valence-electron chi connectivity index (χ0n) is 12.9. The molecule has 9 heteroatoms. The maximum absolute atomic E-state index is 12.6. The van der Waals surface area contributed by atoms with Crippen molar-refractivity contribution in [1.82, 2.24) is 4.72 Å². The number of rotatable bonds is 6. The summed E-state index contributed by atoms with van der Waals surface area (Å²) in [5.74, 6) is 0. The van der Waals surface area contributed by atoms with Crippen LogP contribution in [0.1, 0.15) is 0 Å². The number of hydrogen-bond donors (Lipinski definition) is 2. The van der Waals surface area contributed by atoms with Gasteiger partial charge in [0.2, 0.25) is 0 Å². The summed E-state index contributed by atoms with van der Waals surface area (Å²) in [6.45, 7) is -0.135. The Balaban J connectivity index is 2.72. The van der Waals surface area contributed by atoms with E-state index >= 15 is 0 Å². The van der Waals surface area contributed by atoms with Crippen LogP contribution in [0.15, 0.2) is 41.3 Å². The van der Waals surface area contributed by atoms with Crippen molar-refractivity contribution < 1.29 is 16.8 Å². The van der Waals surface area contributed by atoms with Crippen LogP contribution in [0, 0.1) is 0 Å². The second-order valence-electron chi connectivity index (χ2n) is 5.11. The van der Waals surface area contributed by atoms with Gasteiger partial charge in [-0.2, -0.15) is 8.42 Å². The highest BCUT2D eigenvalue weighted by atomic mass is 33.2. The van der Waals surface area contributed by atoms with E-state index in [0.29, 0.717) is 10.8 Å². The molecule has 2 rings (SSSR count). The predicted molar refractivity (Wildman–Crippen MR) is 91.4 cm³/mol. The Morgan fingerprint density at radius 1 is 1.00 bits per heavy atom. The topological polar surface area (TPSA) is 110 Å². The lowest BCUT2D eigenvalue weighted by molar-refractivity contribution is 0.574. The maximum Gasteiger partial charge on any atom is 0.321 e. The Morgan fingerprint density at radius 3 is 2.22 bits per heavy atom. The lowest BCUT2D eigenvalue weighted by atomic mass is 10.1. The van der Waals surface area contributed by atoms with Crippen LogP contribution in [0.4, 0.5) is 5.69 Å². The van der Waals surface area contributed by atoms with Gasteiger partial charge >= 0.3 is 9.06 Å². The van der Waals surface area contributed by atoms with Crippen LogP contribution in [0.5, 0.6) is 0 Å². The smallest absolute Gasteiger partial charge is 0.321 e. The van der Waals surface area contributed by atoms with E-state index < -0.39 is 17.9 Å². The van der Waals surface area contributed by atoms with E-state index in [-0.39, 0.29) is 18.0 Å². The summed E-state index contributed by atoms with van der Waals surface area (Å²) in [7, 11) is -5.51. The molecule has 0 saturated carbocycles. The summed E-state index contributed by atoms with van der Waals surface area (Å²) in [6, 6.07) is 9.69. The lowest BCUT2D eigenvalue weighted by Crippen LogP contribution is -2.34. The van der Waals surface area contributed by atoms with E-state index in [1.165, 1.54) is 12.1 Å². The number of nitrogens with one attached hydrogen (secondary N) is 1. The minimum atomic E-state index is -4.59. The van der Waals surface area contributed by atoms with E-state index in [2.05, 4.69) is 0 Å². The van der Waals surface area contributed by atoms with Crippen LogP contribution in [0.2, 0.25) is 0 Å². The van der Waals surface area contributed by atoms with Gasteiger partial charge in [0.25, 0.3) is 8.87 Å². The van der Waals surface area contributed by atoms with E-state index in [0.717, 1.165) is 5.69 Å². The van der Waals surface area contributed by atoms with E-state index in [1.807, 2.05) is 29.8 Å². The van der Waals surface area contributed by atoms with Crippen molar-refractivity contribution >= 4 is 34.4 Å². The second-order valence-corrected chi connectivity index (χ2v) is 10.3. The van der Waals surface area contributed by atoms with Gasteiger partial charge in [-0.1, -0.05) is 24.3 Å². The minimum absolute atomic E-state index is 0.00899. The number of benzene rings is 2. The third-order valence-corrected chi connectivity index (χ3v) is 7.98. The van der Waals surface area contributed by atoms with Gasteiger partial charge in [-0.25, -0.2) is 13.1 Å². The molecular weight excluding hydrogens is 338 g/mol. The summed E-state index contributed by atoms with van der Waals surface area (Å²) < 4.78 is 51.3. The molecule has 0 radical (unpaired) electrons. The van der Waals surface area contributed by atoms with E-state index in [9.17, 15) is 16.8 Å². The van der Waals surface area contributed by atoms with Gasteiger partial charge in [-0.15, -0.1) is 0 Å². The fourth-order valence-electron chi connectivity index (χ4n) is 2.25. The standard InChI is InChI=1S/C14H19N3O4S2/c1-17(2)13-7-3-6-12-11(13)5-4-8-14(12)22(18,19)23(20,21)16-10-9-15/h3-8,16H,9-10,15H2,1-2H3. The van der Waals surface area contributed by atoms with Crippen LogP contribution < -0.4 is 15.4 Å². The number of nitrogens with two attached hydrogens (primary N) is 1. The molecule has 0 aliphatic carbocycles. The summed E-state index contributed by atoms with van der Waals surface area (Å²) >= 11 is 0. The minimum Gasteiger partial charge on any atom is -0.377 e. The molecule has 0 aliphatic rings. The Bertz CT molecular complexity index is 922. The molecule has 0 aromatic heterocycles. The average molecular weight is 357 g/mol. The third-order valence-electron chi connectivity index (χ3n) is 3.32. The monoisotopic (exact) mass is 357 g/mol. The Labute approximate surface area is 135 Å². The van der Waals surface area contributed by atoms with Crippen molar-refractivity contribution in [3.63, 3.8) is 0 Å². The molecule has 7 nitrogen and oxygen atoms in total. The molecule has 2 aromatic rings. The maximum atomic E-state index is 12.6. The van der Waals surface area contributed by atoms with Crippen LogP contribution in [-0.4, -0.2) is 44.0 Å². The van der Waals surface area contributed by atoms with Crippen molar-refractivity contribution in [2.45, 2.75) is 4.90 Å². The second kappa shape index (κ2) is 6.44. The molecule has 2 aromatic carbocycles. The average Bonchev–Trinajstić information content (AvgIpc) is 2.51. The lowest BCUT2D eigenvalue weighted by Gasteiger charge is -2.17. The number of hydrogen-bond acceptors (Lipinski definition) is 6. The Kier molecular flexibility index (Phi) is 4.95. The SMILES string of the molecule is CN(C)c1cccc2c(S(=O)(=O)S(=O)(=O)NCCN)cccc12. The molecule has 23 heavy (non-hydrogen) atoms. The van der Waals surface area contributed by atoms with Crippen LogP contribution in [0.25, 0.3) is 10.8 Å². The highest BCUT2D eigenvalue weighted by Gasteiger charge is 2.32. The first-order valence-electron chi connectivity index (χ1n) is 6.86. The number of nitrogens with zero attached hydrogens (tertiary/aromatic N) is 1. The van der Waals surface area contributed by atoms with E-state index in [4.69, 9.17) is 5.73 Å². The normalized spacial score (nSPS) is 12.5. The summed E-state index contributed by atoms with van der Waals surface area (Å²) in [6.07, 6.45) is 0. The quantitative estimate of drug-likeness (QED) is 0.728. The first-order chi connectivity index (χ1) is 10.7. The molecular formula is C14H19N3O4S2. The molecule has 0 spiro atoms. The van der Waals surface area contributed by atoms with Gasteiger partial charge in [0.15, 0.2) is 0 Å². The zero-order chi connectivity index (χ0) is 17.3. The molecule has 0 amide bonds. The molecule has 126 valence electrons.